The van der Waals surface area contributed by atoms with Gasteiger partial charge in [0.1, 0.15) is 0 Å². The standard InChI is InChI=1S/C18H24N4S2/c1-23(2)19-17(15-11-7-5-8-12-15)21-24(3,4)22-18(20-23)16-13-9-6-10-14-16/h5-14,17-18H,1-4H3. The molecule has 0 fully saturated rings. The molecule has 0 aliphatic carbocycles. The molecular weight excluding hydrogens is 336 g/mol. The van der Waals surface area contributed by atoms with Gasteiger partial charge in [-0.1, -0.05) is 79.9 Å². The fourth-order valence-corrected chi connectivity index (χ4v) is 5.42. The maximum atomic E-state index is 5.02. The smallest absolute Gasteiger partial charge is 0.180 e. The van der Waals surface area contributed by atoms with Crippen LogP contribution in [0, 0.1) is 0 Å². The minimum absolute atomic E-state index is 0.189. The first-order valence-electron chi connectivity index (χ1n) is 7.79. The molecule has 6 heteroatoms. The molecule has 0 N–H and O–H groups in total. The largest absolute Gasteiger partial charge is 0.223 e. The first-order chi connectivity index (χ1) is 11.3. The summed E-state index contributed by atoms with van der Waals surface area (Å²) < 4.78 is 20.1. The van der Waals surface area contributed by atoms with Crippen molar-refractivity contribution in [2.75, 3.05) is 25.0 Å². The van der Waals surface area contributed by atoms with Crippen molar-refractivity contribution in [1.82, 2.24) is 0 Å². The molecule has 0 unspecified atom stereocenters. The third-order valence-electron chi connectivity index (χ3n) is 3.63. The van der Waals surface area contributed by atoms with E-state index in [-0.39, 0.29) is 12.3 Å². The SMILES string of the molecule is CS1(C)=NC(c2ccccc2)N=S(C)(C)=NC(c2ccccc2)N=1. The number of hydrogen-bond acceptors (Lipinski definition) is 4. The molecule has 0 spiro atoms. The van der Waals surface area contributed by atoms with Crippen molar-refractivity contribution in [3.63, 3.8) is 0 Å². The highest BCUT2D eigenvalue weighted by Gasteiger charge is 2.16. The first kappa shape index (κ1) is 17.2. The Morgan fingerprint density at radius 1 is 0.542 bits per heavy atom. The minimum atomic E-state index is -1.51. The summed E-state index contributed by atoms with van der Waals surface area (Å²) in [6.45, 7) is 0. The van der Waals surface area contributed by atoms with E-state index in [0.717, 1.165) is 11.1 Å². The van der Waals surface area contributed by atoms with E-state index >= 15 is 0 Å². The molecule has 0 bridgehead atoms. The Hall–Kier alpha value is -1.66. The second-order valence-corrected chi connectivity index (χ2v) is 12.2. The van der Waals surface area contributed by atoms with Crippen LogP contribution >= 0.6 is 0 Å². The molecule has 24 heavy (non-hydrogen) atoms. The lowest BCUT2D eigenvalue weighted by molar-refractivity contribution is 0.769. The average molecular weight is 361 g/mol. The van der Waals surface area contributed by atoms with Crippen molar-refractivity contribution in [3.8, 4) is 0 Å². The second kappa shape index (κ2) is 6.69. The zero-order valence-electron chi connectivity index (χ0n) is 14.5. The molecule has 128 valence electrons. The van der Waals surface area contributed by atoms with E-state index in [1.165, 1.54) is 0 Å². The Morgan fingerprint density at radius 2 is 0.833 bits per heavy atom. The van der Waals surface area contributed by atoms with Gasteiger partial charge in [0.2, 0.25) is 0 Å². The predicted octanol–water partition coefficient (Wildman–Crippen LogP) is 4.96. The van der Waals surface area contributed by atoms with Crippen LogP contribution < -0.4 is 0 Å². The summed E-state index contributed by atoms with van der Waals surface area (Å²) in [5, 5.41) is 0. The van der Waals surface area contributed by atoms with Gasteiger partial charge in [0, 0.05) is 25.0 Å². The maximum absolute atomic E-state index is 5.02. The summed E-state index contributed by atoms with van der Waals surface area (Å²) in [5.41, 5.74) is 2.23. The van der Waals surface area contributed by atoms with Crippen LogP contribution in [0.4, 0.5) is 0 Å². The van der Waals surface area contributed by atoms with Gasteiger partial charge in [0.25, 0.3) is 0 Å². The highest BCUT2D eigenvalue weighted by Crippen LogP contribution is 2.29. The normalized spacial score (nSPS) is 25.0. The molecule has 0 radical (unpaired) electrons. The highest BCUT2D eigenvalue weighted by atomic mass is 32.2. The Balaban J connectivity index is 2.19. The molecule has 0 saturated carbocycles. The van der Waals surface area contributed by atoms with Crippen molar-refractivity contribution in [3.05, 3.63) is 71.8 Å². The quantitative estimate of drug-likeness (QED) is 0.727. The van der Waals surface area contributed by atoms with Crippen LogP contribution in [-0.4, -0.2) is 25.0 Å². The van der Waals surface area contributed by atoms with E-state index in [9.17, 15) is 0 Å². The summed E-state index contributed by atoms with van der Waals surface area (Å²) >= 11 is 0. The zero-order chi connectivity index (χ0) is 17.2. The first-order valence-corrected chi connectivity index (χ1v) is 12.5. The molecule has 0 amide bonds. The Kier molecular flexibility index (Phi) is 4.78. The molecule has 0 saturated heterocycles. The van der Waals surface area contributed by atoms with Crippen molar-refractivity contribution in [1.29, 1.82) is 0 Å². The summed E-state index contributed by atoms with van der Waals surface area (Å²) in [7, 11) is -3.02. The van der Waals surface area contributed by atoms with E-state index in [2.05, 4.69) is 49.3 Å². The van der Waals surface area contributed by atoms with Gasteiger partial charge in [-0.25, -0.2) is 17.5 Å². The van der Waals surface area contributed by atoms with E-state index in [4.69, 9.17) is 17.5 Å². The maximum Gasteiger partial charge on any atom is 0.180 e. The minimum Gasteiger partial charge on any atom is -0.223 e. The molecule has 0 aromatic heterocycles. The van der Waals surface area contributed by atoms with E-state index in [1.807, 2.05) is 36.4 Å². The molecule has 2 aromatic rings. The molecular formula is C18H24N4S2. The average Bonchev–Trinajstić information content (AvgIpc) is 2.53. The molecule has 3 rings (SSSR count). The van der Waals surface area contributed by atoms with Gasteiger partial charge in [0.05, 0.1) is 0 Å². The zero-order valence-corrected chi connectivity index (χ0v) is 16.2. The Labute approximate surface area is 146 Å². The highest BCUT2D eigenvalue weighted by molar-refractivity contribution is 7.95. The molecule has 1 aliphatic rings. The lowest BCUT2D eigenvalue weighted by atomic mass is 10.2. The van der Waals surface area contributed by atoms with Crippen LogP contribution in [0.3, 0.4) is 0 Å². The van der Waals surface area contributed by atoms with Gasteiger partial charge in [-0.2, -0.15) is 0 Å². The fraction of sp³-hybridized carbons (Fsp3) is 0.333. The van der Waals surface area contributed by atoms with Gasteiger partial charge in [-0.15, -0.1) is 0 Å². The van der Waals surface area contributed by atoms with Crippen LogP contribution in [0.5, 0.6) is 0 Å². The predicted molar refractivity (Wildman–Crippen MR) is 107 cm³/mol. The van der Waals surface area contributed by atoms with Gasteiger partial charge in [-0.3, -0.25) is 0 Å². The Bertz CT molecular complexity index is 833. The lowest BCUT2D eigenvalue weighted by Gasteiger charge is -2.21. The monoisotopic (exact) mass is 360 g/mol. The summed E-state index contributed by atoms with van der Waals surface area (Å²) in [6.07, 6.45) is 8.06. The summed E-state index contributed by atoms with van der Waals surface area (Å²) in [6, 6.07) is 20.5. The van der Waals surface area contributed by atoms with E-state index < -0.39 is 19.2 Å². The van der Waals surface area contributed by atoms with E-state index in [1.54, 1.807) is 0 Å². The van der Waals surface area contributed by atoms with Gasteiger partial charge >= 0.3 is 0 Å². The van der Waals surface area contributed by atoms with Crippen LogP contribution in [0.2, 0.25) is 0 Å². The molecule has 2 aromatic carbocycles. The third kappa shape index (κ3) is 4.24. The molecule has 0 atom stereocenters. The topological polar surface area (TPSA) is 49.4 Å². The van der Waals surface area contributed by atoms with Crippen LogP contribution in [0.15, 0.2) is 78.1 Å². The van der Waals surface area contributed by atoms with Crippen LogP contribution in [0.25, 0.3) is 0 Å². The third-order valence-corrected chi connectivity index (χ3v) is 6.49. The number of hydrogen-bond donors (Lipinski definition) is 0. The number of benzene rings is 2. The fourth-order valence-electron chi connectivity index (χ4n) is 2.56. The van der Waals surface area contributed by atoms with Gasteiger partial charge < -0.3 is 0 Å². The number of rotatable bonds is 2. The molecule has 1 heterocycles. The van der Waals surface area contributed by atoms with Crippen molar-refractivity contribution >= 4 is 19.2 Å². The second-order valence-electron chi connectivity index (χ2n) is 6.43. The summed E-state index contributed by atoms with van der Waals surface area (Å²) in [5.74, 6) is 0. The van der Waals surface area contributed by atoms with Crippen molar-refractivity contribution in [2.24, 2.45) is 17.5 Å². The summed E-state index contributed by atoms with van der Waals surface area (Å²) in [4.78, 5) is 0. The van der Waals surface area contributed by atoms with Gasteiger partial charge in [0.15, 0.2) is 12.3 Å². The van der Waals surface area contributed by atoms with Gasteiger partial charge in [-0.05, 0) is 11.1 Å². The van der Waals surface area contributed by atoms with Crippen molar-refractivity contribution in [2.45, 2.75) is 12.3 Å². The van der Waals surface area contributed by atoms with Crippen LogP contribution in [0.1, 0.15) is 23.5 Å². The molecule has 4 nitrogen and oxygen atoms in total. The van der Waals surface area contributed by atoms with Crippen LogP contribution in [-0.2, 0) is 19.2 Å². The molecule has 1 aliphatic heterocycles. The number of nitrogens with zero attached hydrogens (tertiary/aromatic N) is 4. The van der Waals surface area contributed by atoms with Crippen molar-refractivity contribution < 1.29 is 0 Å². The lowest BCUT2D eigenvalue weighted by Crippen LogP contribution is -2.09. The van der Waals surface area contributed by atoms with E-state index in [0.29, 0.717) is 0 Å². The Morgan fingerprint density at radius 3 is 1.12 bits per heavy atom.